The monoisotopic (exact) mass is 607 g/mol. The van der Waals surface area contributed by atoms with Crippen LogP contribution >= 0.6 is 0 Å². The third-order valence-electron chi connectivity index (χ3n) is 6.98. The Balaban J connectivity index is 1.24. The number of nitro benzene ring substituents is 1. The molecule has 1 atom stereocenters. The van der Waals surface area contributed by atoms with E-state index in [9.17, 15) is 28.4 Å². The standard InChI is InChI=1S/C29H25N3O10S/c33-27-21-15-19(30-43(37,38)20-7-8-22(23(16-20)32(35)36)31-10-12-39-13-11-31)6-9-24(21)42-29(28(27)34)25-17-40-26(41-25)14-18-4-2-1-3-5-18/h1-9,15-17,26,30,34H,10-14H2. The predicted octanol–water partition coefficient (Wildman–Crippen LogP) is 3.96. The molecule has 1 saturated heterocycles. The third-order valence-corrected chi connectivity index (χ3v) is 8.36. The van der Waals surface area contributed by atoms with Crippen LogP contribution in [0.3, 0.4) is 0 Å². The first-order valence-corrected chi connectivity index (χ1v) is 14.7. The first-order chi connectivity index (χ1) is 20.7. The molecule has 1 unspecified atom stereocenters. The Bertz CT molecular complexity index is 1900. The van der Waals surface area contributed by atoms with E-state index in [-0.39, 0.29) is 38.8 Å². The maximum Gasteiger partial charge on any atom is 0.293 e. The lowest BCUT2D eigenvalue weighted by Crippen LogP contribution is -2.36. The van der Waals surface area contributed by atoms with Crippen molar-refractivity contribution in [3.05, 3.63) is 105 Å². The summed E-state index contributed by atoms with van der Waals surface area (Å²) in [6.45, 7) is 1.67. The molecule has 222 valence electrons. The Morgan fingerprint density at radius 2 is 1.81 bits per heavy atom. The molecule has 3 aromatic carbocycles. The molecule has 2 aliphatic rings. The minimum Gasteiger partial charge on any atom is -0.501 e. The van der Waals surface area contributed by atoms with Gasteiger partial charge in [-0.05, 0) is 35.9 Å². The molecule has 2 N–H and O–H groups in total. The van der Waals surface area contributed by atoms with Gasteiger partial charge in [-0.3, -0.25) is 19.6 Å². The summed E-state index contributed by atoms with van der Waals surface area (Å²) in [4.78, 5) is 25.6. The van der Waals surface area contributed by atoms with Crippen molar-refractivity contribution in [1.29, 1.82) is 0 Å². The molecule has 6 rings (SSSR count). The SMILES string of the molecule is O=c1c(O)c(C2=COC(Cc3ccccc3)O2)oc2ccc(NS(=O)(=O)c3ccc(N4CCOCC4)c([N+](=O)[O-])c3)cc12. The topological polar surface area (TPSA) is 171 Å². The molecule has 14 heteroatoms. The van der Waals surface area contributed by atoms with E-state index in [2.05, 4.69) is 4.72 Å². The van der Waals surface area contributed by atoms with Crippen LogP contribution in [-0.2, 0) is 30.7 Å². The second kappa shape index (κ2) is 11.3. The van der Waals surface area contributed by atoms with E-state index in [1.54, 1.807) is 4.90 Å². The van der Waals surface area contributed by atoms with Crippen molar-refractivity contribution in [2.24, 2.45) is 0 Å². The summed E-state index contributed by atoms with van der Waals surface area (Å²) in [5, 5.41) is 22.3. The van der Waals surface area contributed by atoms with Crippen molar-refractivity contribution in [3.63, 3.8) is 0 Å². The average molecular weight is 608 g/mol. The molecule has 0 saturated carbocycles. The lowest BCUT2D eigenvalue weighted by Gasteiger charge is -2.28. The van der Waals surface area contributed by atoms with Crippen LogP contribution in [0.1, 0.15) is 11.3 Å². The second-order valence-corrected chi connectivity index (χ2v) is 11.5. The number of hydrogen-bond donors (Lipinski definition) is 2. The number of benzene rings is 3. The molecular weight excluding hydrogens is 582 g/mol. The molecule has 0 aliphatic carbocycles. The molecule has 3 heterocycles. The first kappa shape index (κ1) is 28.1. The van der Waals surface area contributed by atoms with Gasteiger partial charge in [0.1, 0.15) is 17.5 Å². The van der Waals surface area contributed by atoms with Gasteiger partial charge in [-0.1, -0.05) is 30.3 Å². The van der Waals surface area contributed by atoms with Gasteiger partial charge in [0.25, 0.3) is 15.7 Å². The number of ether oxygens (including phenoxy) is 3. The number of nitrogens with zero attached hydrogens (tertiary/aromatic N) is 2. The van der Waals surface area contributed by atoms with Crippen LogP contribution in [0.4, 0.5) is 17.1 Å². The first-order valence-electron chi connectivity index (χ1n) is 13.2. The van der Waals surface area contributed by atoms with Gasteiger partial charge in [0.15, 0.2) is 0 Å². The Morgan fingerprint density at radius 1 is 1.05 bits per heavy atom. The molecular formula is C29H25N3O10S. The van der Waals surface area contributed by atoms with Crippen molar-refractivity contribution < 1.29 is 37.1 Å². The van der Waals surface area contributed by atoms with Gasteiger partial charge in [0, 0.05) is 31.3 Å². The highest BCUT2D eigenvalue weighted by Gasteiger charge is 2.28. The summed E-state index contributed by atoms with van der Waals surface area (Å²) in [6.07, 6.45) is 0.985. The number of aromatic hydroxyl groups is 1. The van der Waals surface area contributed by atoms with Gasteiger partial charge in [-0.2, -0.15) is 0 Å². The highest BCUT2D eigenvalue weighted by molar-refractivity contribution is 7.92. The Labute approximate surface area is 244 Å². The quantitative estimate of drug-likeness (QED) is 0.219. The fraction of sp³-hybridized carbons (Fsp3) is 0.207. The second-order valence-electron chi connectivity index (χ2n) is 9.79. The van der Waals surface area contributed by atoms with Crippen molar-refractivity contribution in [3.8, 4) is 5.75 Å². The Kier molecular flexibility index (Phi) is 7.38. The zero-order chi connectivity index (χ0) is 30.1. The summed E-state index contributed by atoms with van der Waals surface area (Å²) in [6, 6.07) is 17.0. The maximum atomic E-state index is 13.2. The zero-order valence-corrected chi connectivity index (χ0v) is 23.3. The molecule has 0 radical (unpaired) electrons. The molecule has 2 aliphatic heterocycles. The molecule has 0 spiro atoms. The Morgan fingerprint density at radius 3 is 2.56 bits per heavy atom. The van der Waals surface area contributed by atoms with Crippen LogP contribution in [0.25, 0.3) is 16.7 Å². The number of rotatable bonds is 8. The summed E-state index contributed by atoms with van der Waals surface area (Å²) >= 11 is 0. The van der Waals surface area contributed by atoms with Gasteiger partial charge in [-0.15, -0.1) is 0 Å². The lowest BCUT2D eigenvalue weighted by molar-refractivity contribution is -0.384. The van der Waals surface area contributed by atoms with Gasteiger partial charge in [-0.25, -0.2) is 8.42 Å². The summed E-state index contributed by atoms with van der Waals surface area (Å²) < 4.78 is 51.0. The smallest absolute Gasteiger partial charge is 0.293 e. The fourth-order valence-corrected chi connectivity index (χ4v) is 5.93. The molecule has 1 aromatic heterocycles. The number of hydrogen-bond acceptors (Lipinski definition) is 11. The van der Waals surface area contributed by atoms with E-state index < -0.39 is 32.4 Å². The highest BCUT2D eigenvalue weighted by Crippen LogP contribution is 2.34. The number of sulfonamides is 1. The fourth-order valence-electron chi connectivity index (χ4n) is 4.86. The van der Waals surface area contributed by atoms with Gasteiger partial charge < -0.3 is 28.6 Å². The van der Waals surface area contributed by atoms with Crippen molar-refractivity contribution in [2.45, 2.75) is 17.6 Å². The van der Waals surface area contributed by atoms with Crippen LogP contribution in [0.15, 0.2) is 87.1 Å². The number of nitro groups is 1. The van der Waals surface area contributed by atoms with Gasteiger partial charge in [0.05, 0.1) is 28.4 Å². The number of anilines is 2. The minimum absolute atomic E-state index is 0.0190. The van der Waals surface area contributed by atoms with E-state index in [4.69, 9.17) is 18.6 Å². The summed E-state index contributed by atoms with van der Waals surface area (Å²) in [7, 11) is -4.30. The van der Waals surface area contributed by atoms with E-state index in [1.807, 2.05) is 30.3 Å². The van der Waals surface area contributed by atoms with E-state index in [0.29, 0.717) is 38.4 Å². The Hall–Kier alpha value is -5.08. The van der Waals surface area contributed by atoms with Crippen LogP contribution in [0.5, 0.6) is 5.75 Å². The predicted molar refractivity (Wildman–Crippen MR) is 155 cm³/mol. The lowest BCUT2D eigenvalue weighted by atomic mass is 10.1. The van der Waals surface area contributed by atoms with Crippen LogP contribution in [-0.4, -0.2) is 51.0 Å². The molecule has 1 fully saturated rings. The van der Waals surface area contributed by atoms with Crippen molar-refractivity contribution in [2.75, 3.05) is 35.9 Å². The van der Waals surface area contributed by atoms with Gasteiger partial charge >= 0.3 is 0 Å². The van der Waals surface area contributed by atoms with Crippen LogP contribution in [0.2, 0.25) is 0 Å². The normalized spacial score (nSPS) is 16.8. The largest absolute Gasteiger partial charge is 0.501 e. The highest BCUT2D eigenvalue weighted by atomic mass is 32.2. The average Bonchev–Trinajstić information content (AvgIpc) is 3.47. The van der Waals surface area contributed by atoms with Crippen molar-refractivity contribution >= 4 is 43.8 Å². The third kappa shape index (κ3) is 5.69. The maximum absolute atomic E-state index is 13.2. The van der Waals surface area contributed by atoms with Crippen LogP contribution in [0, 0.1) is 10.1 Å². The minimum atomic E-state index is -4.30. The van der Waals surface area contributed by atoms with Crippen LogP contribution < -0.4 is 15.1 Å². The summed E-state index contributed by atoms with van der Waals surface area (Å²) in [5.41, 5.74) is 0.110. The number of morpholine rings is 1. The summed E-state index contributed by atoms with van der Waals surface area (Å²) in [5.74, 6) is -0.935. The number of fused-ring (bicyclic) bond motifs is 1. The molecule has 0 bridgehead atoms. The zero-order valence-electron chi connectivity index (χ0n) is 22.5. The van der Waals surface area contributed by atoms with Gasteiger partial charge in [0.2, 0.25) is 29.0 Å². The van der Waals surface area contributed by atoms with E-state index >= 15 is 0 Å². The molecule has 4 aromatic rings. The molecule has 0 amide bonds. The number of nitrogens with one attached hydrogen (secondary N) is 1. The molecule has 43 heavy (non-hydrogen) atoms. The van der Waals surface area contributed by atoms with Crippen molar-refractivity contribution in [1.82, 2.24) is 0 Å². The van der Waals surface area contributed by atoms with E-state index in [1.165, 1.54) is 36.6 Å². The molecule has 13 nitrogen and oxygen atoms in total. The van der Waals surface area contributed by atoms with E-state index in [0.717, 1.165) is 11.6 Å².